The number of rotatable bonds is 5. The number of benzene rings is 2. The largest absolute Gasteiger partial charge is 0.264 e. The predicted octanol–water partition coefficient (Wildman–Crippen LogP) is 5.10. The van der Waals surface area contributed by atoms with Crippen LogP contribution in [-0.4, -0.2) is 9.19 Å². The van der Waals surface area contributed by atoms with Crippen molar-refractivity contribution in [2.45, 2.75) is 16.6 Å². The highest BCUT2D eigenvalue weighted by molar-refractivity contribution is 7.85. The Labute approximate surface area is 152 Å². The summed E-state index contributed by atoms with van der Waals surface area (Å²) in [4.78, 5) is 4.53. The predicted molar refractivity (Wildman–Crippen MR) is 94.9 cm³/mol. The summed E-state index contributed by atoms with van der Waals surface area (Å²) in [5, 5.41) is -0.234. The van der Waals surface area contributed by atoms with Crippen molar-refractivity contribution in [2.75, 3.05) is 0 Å². The van der Waals surface area contributed by atoms with E-state index in [1.165, 1.54) is 0 Å². The number of nitrogens with zero attached hydrogens (tertiary/aromatic N) is 1. The SMILES string of the molecule is O=S(c1ccc(Cl)cc1)C(Cc1cccnc1)c1cc(F)ccc1F. The minimum absolute atomic E-state index is 0.0807. The van der Waals surface area contributed by atoms with Crippen molar-refractivity contribution >= 4 is 22.4 Å². The zero-order valence-corrected chi connectivity index (χ0v) is 14.6. The van der Waals surface area contributed by atoms with E-state index in [0.717, 1.165) is 23.8 Å². The maximum atomic E-state index is 14.3. The molecular weight excluding hydrogens is 364 g/mol. The Morgan fingerprint density at radius 1 is 1.08 bits per heavy atom. The maximum absolute atomic E-state index is 14.3. The minimum atomic E-state index is -1.59. The topological polar surface area (TPSA) is 30.0 Å². The molecule has 3 rings (SSSR count). The Balaban J connectivity index is 2.03. The van der Waals surface area contributed by atoms with Crippen molar-refractivity contribution < 1.29 is 13.0 Å². The van der Waals surface area contributed by atoms with Gasteiger partial charge in [0.25, 0.3) is 0 Å². The standard InChI is InChI=1S/C19H14ClF2NOS/c20-14-3-6-16(7-4-14)25(24)19(10-13-2-1-9-23-12-13)17-11-15(21)5-8-18(17)22/h1-9,11-12,19H,10H2. The summed E-state index contributed by atoms with van der Waals surface area (Å²) in [6.45, 7) is 0. The van der Waals surface area contributed by atoms with Crippen LogP contribution in [0.5, 0.6) is 0 Å². The van der Waals surface area contributed by atoms with Crippen molar-refractivity contribution in [2.24, 2.45) is 0 Å². The summed E-state index contributed by atoms with van der Waals surface area (Å²) in [7, 11) is -1.59. The van der Waals surface area contributed by atoms with Crippen molar-refractivity contribution in [3.63, 3.8) is 0 Å². The Morgan fingerprint density at radius 2 is 1.84 bits per heavy atom. The molecule has 0 bridgehead atoms. The molecule has 2 aromatic carbocycles. The third-order valence-corrected chi connectivity index (χ3v) is 5.68. The lowest BCUT2D eigenvalue weighted by Gasteiger charge is -2.18. The van der Waals surface area contributed by atoms with Crippen LogP contribution in [0, 0.1) is 11.6 Å². The molecule has 0 saturated heterocycles. The van der Waals surface area contributed by atoms with Gasteiger partial charge in [-0.3, -0.25) is 9.19 Å². The molecule has 0 fully saturated rings. The number of hydrogen-bond acceptors (Lipinski definition) is 2. The summed E-state index contributed by atoms with van der Waals surface area (Å²) in [5.41, 5.74) is 0.871. The Kier molecular flexibility index (Phi) is 5.56. The molecular formula is C19H14ClF2NOS. The molecule has 0 aliphatic rings. The molecule has 1 heterocycles. The van der Waals surface area contributed by atoms with Gasteiger partial charge in [-0.1, -0.05) is 17.7 Å². The molecule has 0 N–H and O–H groups in total. The molecule has 0 spiro atoms. The van der Waals surface area contributed by atoms with Gasteiger partial charge >= 0.3 is 0 Å². The molecule has 0 aliphatic carbocycles. The fourth-order valence-electron chi connectivity index (χ4n) is 2.53. The molecule has 0 radical (unpaired) electrons. The second kappa shape index (κ2) is 7.85. The Bertz CT molecular complexity index is 888. The van der Waals surface area contributed by atoms with Gasteiger partial charge in [0, 0.05) is 27.9 Å². The maximum Gasteiger partial charge on any atom is 0.127 e. The van der Waals surface area contributed by atoms with Gasteiger partial charge in [-0.05, 0) is 60.5 Å². The zero-order chi connectivity index (χ0) is 17.8. The van der Waals surface area contributed by atoms with Crippen LogP contribution >= 0.6 is 11.6 Å². The van der Waals surface area contributed by atoms with Crippen molar-refractivity contribution in [3.05, 3.63) is 94.8 Å². The molecule has 2 atom stereocenters. The minimum Gasteiger partial charge on any atom is -0.264 e. The first-order chi connectivity index (χ1) is 12.0. The zero-order valence-electron chi connectivity index (χ0n) is 13.0. The number of aromatic nitrogens is 1. The lowest BCUT2D eigenvalue weighted by molar-refractivity contribution is 0.579. The molecule has 0 saturated carbocycles. The second-order valence-electron chi connectivity index (χ2n) is 5.47. The van der Waals surface area contributed by atoms with E-state index in [2.05, 4.69) is 4.98 Å². The fourth-order valence-corrected chi connectivity index (χ4v) is 4.14. The number of halogens is 3. The van der Waals surface area contributed by atoms with Gasteiger partial charge in [-0.25, -0.2) is 8.78 Å². The molecule has 3 aromatic rings. The Morgan fingerprint density at radius 3 is 2.52 bits per heavy atom. The first kappa shape index (κ1) is 17.7. The van der Waals surface area contributed by atoms with Crippen LogP contribution in [0.3, 0.4) is 0 Å². The van der Waals surface area contributed by atoms with E-state index < -0.39 is 27.7 Å². The Hall–Kier alpha value is -2.11. The summed E-state index contributed by atoms with van der Waals surface area (Å²) < 4.78 is 41.1. The van der Waals surface area contributed by atoms with Crippen molar-refractivity contribution in [1.29, 1.82) is 0 Å². The van der Waals surface area contributed by atoms with Crippen LogP contribution < -0.4 is 0 Å². The highest BCUT2D eigenvalue weighted by atomic mass is 35.5. The molecule has 2 unspecified atom stereocenters. The van der Waals surface area contributed by atoms with Gasteiger partial charge in [0.1, 0.15) is 11.6 Å². The van der Waals surface area contributed by atoms with E-state index in [0.29, 0.717) is 9.92 Å². The van der Waals surface area contributed by atoms with Crippen LogP contribution in [0.1, 0.15) is 16.4 Å². The summed E-state index contributed by atoms with van der Waals surface area (Å²) in [6, 6.07) is 13.3. The van der Waals surface area contributed by atoms with E-state index in [4.69, 9.17) is 11.6 Å². The molecule has 2 nitrogen and oxygen atoms in total. The fraction of sp³-hybridized carbons (Fsp3) is 0.105. The first-order valence-corrected chi connectivity index (χ1v) is 9.13. The van der Waals surface area contributed by atoms with E-state index in [9.17, 15) is 13.0 Å². The molecule has 25 heavy (non-hydrogen) atoms. The summed E-state index contributed by atoms with van der Waals surface area (Å²) >= 11 is 5.87. The lowest BCUT2D eigenvalue weighted by atomic mass is 10.0. The first-order valence-electron chi connectivity index (χ1n) is 7.54. The average molecular weight is 378 g/mol. The number of pyridine rings is 1. The van der Waals surface area contributed by atoms with Gasteiger partial charge in [0.2, 0.25) is 0 Å². The van der Waals surface area contributed by atoms with E-state index in [1.54, 1.807) is 42.7 Å². The lowest BCUT2D eigenvalue weighted by Crippen LogP contribution is -2.13. The third-order valence-electron chi connectivity index (χ3n) is 3.75. The smallest absolute Gasteiger partial charge is 0.127 e. The van der Waals surface area contributed by atoms with Gasteiger partial charge in [-0.15, -0.1) is 0 Å². The normalized spacial score (nSPS) is 13.4. The molecule has 0 amide bonds. The van der Waals surface area contributed by atoms with Gasteiger partial charge in [0.15, 0.2) is 0 Å². The van der Waals surface area contributed by atoms with Crippen LogP contribution in [0.25, 0.3) is 0 Å². The van der Waals surface area contributed by atoms with Crippen molar-refractivity contribution in [1.82, 2.24) is 4.98 Å². The summed E-state index contributed by atoms with van der Waals surface area (Å²) in [6.07, 6.45) is 3.52. The van der Waals surface area contributed by atoms with Crippen LogP contribution in [0.15, 0.2) is 71.9 Å². The molecule has 128 valence electrons. The highest BCUT2D eigenvalue weighted by Gasteiger charge is 2.25. The van der Waals surface area contributed by atoms with E-state index in [1.807, 2.05) is 6.07 Å². The molecule has 1 aromatic heterocycles. The van der Waals surface area contributed by atoms with Gasteiger partial charge in [-0.2, -0.15) is 0 Å². The molecule has 0 aliphatic heterocycles. The third kappa shape index (κ3) is 4.30. The van der Waals surface area contributed by atoms with Crippen LogP contribution in [-0.2, 0) is 17.2 Å². The van der Waals surface area contributed by atoms with Crippen LogP contribution in [0.4, 0.5) is 8.78 Å². The second-order valence-corrected chi connectivity index (χ2v) is 7.54. The summed E-state index contributed by atoms with van der Waals surface area (Å²) in [5.74, 6) is -1.15. The van der Waals surface area contributed by atoms with Gasteiger partial charge < -0.3 is 0 Å². The number of hydrogen-bond donors (Lipinski definition) is 0. The van der Waals surface area contributed by atoms with Crippen molar-refractivity contribution in [3.8, 4) is 0 Å². The van der Waals surface area contributed by atoms with E-state index in [-0.39, 0.29) is 12.0 Å². The molecule has 6 heteroatoms. The van der Waals surface area contributed by atoms with Crippen LogP contribution in [0.2, 0.25) is 5.02 Å². The van der Waals surface area contributed by atoms with E-state index >= 15 is 0 Å². The highest BCUT2D eigenvalue weighted by Crippen LogP contribution is 2.31. The van der Waals surface area contributed by atoms with Gasteiger partial charge in [0.05, 0.1) is 16.0 Å². The average Bonchev–Trinajstić information content (AvgIpc) is 2.63. The monoisotopic (exact) mass is 377 g/mol. The quantitative estimate of drug-likeness (QED) is 0.618.